The highest BCUT2D eigenvalue weighted by Gasteiger charge is 2.29. The van der Waals surface area contributed by atoms with Crippen molar-refractivity contribution in [3.05, 3.63) is 5.82 Å². The minimum atomic E-state index is 0.148. The Morgan fingerprint density at radius 3 is 2.63 bits per heavy atom. The standard InChI is InChI=1S/C12H21N5OS/c1-3-16(4-2)11(18)8-19-12-15-14-10(7-13)17(12)9-5-6-9/h9H,3-8,13H2,1-2H3. The van der Waals surface area contributed by atoms with Crippen LogP contribution in [0.3, 0.4) is 0 Å². The van der Waals surface area contributed by atoms with Gasteiger partial charge >= 0.3 is 0 Å². The lowest BCUT2D eigenvalue weighted by atomic mass is 10.5. The van der Waals surface area contributed by atoms with Gasteiger partial charge in [-0.15, -0.1) is 10.2 Å². The maximum atomic E-state index is 12.0. The van der Waals surface area contributed by atoms with Gasteiger partial charge in [0.05, 0.1) is 12.3 Å². The number of nitrogens with two attached hydrogens (primary N) is 1. The van der Waals surface area contributed by atoms with Gasteiger partial charge in [0.15, 0.2) is 5.16 Å². The third-order valence-corrected chi connectivity index (χ3v) is 4.20. The van der Waals surface area contributed by atoms with Crippen molar-refractivity contribution >= 4 is 17.7 Å². The second-order valence-electron chi connectivity index (χ2n) is 4.56. The van der Waals surface area contributed by atoms with Gasteiger partial charge in [0.1, 0.15) is 5.82 Å². The molecule has 1 aromatic rings. The topological polar surface area (TPSA) is 77.0 Å². The summed E-state index contributed by atoms with van der Waals surface area (Å²) < 4.78 is 2.10. The molecule has 0 aromatic carbocycles. The van der Waals surface area contributed by atoms with Crippen LogP contribution in [-0.2, 0) is 11.3 Å². The van der Waals surface area contributed by atoms with E-state index >= 15 is 0 Å². The van der Waals surface area contributed by atoms with Gasteiger partial charge in [0.25, 0.3) is 0 Å². The van der Waals surface area contributed by atoms with E-state index in [-0.39, 0.29) is 5.91 Å². The zero-order valence-electron chi connectivity index (χ0n) is 11.5. The quantitative estimate of drug-likeness (QED) is 0.756. The molecule has 7 heteroatoms. The first-order valence-corrected chi connectivity index (χ1v) is 7.74. The molecule has 1 amide bonds. The molecular formula is C12H21N5OS. The summed E-state index contributed by atoms with van der Waals surface area (Å²) in [5, 5.41) is 9.08. The number of hydrogen-bond donors (Lipinski definition) is 1. The fourth-order valence-corrected chi connectivity index (χ4v) is 2.97. The SMILES string of the molecule is CCN(CC)C(=O)CSc1nnc(CN)n1C1CC1. The normalized spacial score (nSPS) is 14.7. The van der Waals surface area contributed by atoms with E-state index < -0.39 is 0 Å². The molecule has 0 unspecified atom stereocenters. The van der Waals surface area contributed by atoms with Crippen LogP contribution in [0.5, 0.6) is 0 Å². The summed E-state index contributed by atoms with van der Waals surface area (Å²) in [6.45, 7) is 5.88. The van der Waals surface area contributed by atoms with Gasteiger partial charge < -0.3 is 15.2 Å². The first-order chi connectivity index (χ1) is 9.21. The third-order valence-electron chi connectivity index (χ3n) is 3.27. The number of carbonyl (C=O) groups excluding carboxylic acids is 1. The van der Waals surface area contributed by atoms with Gasteiger partial charge in [0.2, 0.25) is 5.91 Å². The first kappa shape index (κ1) is 14.3. The van der Waals surface area contributed by atoms with Crippen molar-refractivity contribution in [3.63, 3.8) is 0 Å². The maximum Gasteiger partial charge on any atom is 0.233 e. The molecule has 0 bridgehead atoms. The van der Waals surface area contributed by atoms with E-state index in [4.69, 9.17) is 5.73 Å². The van der Waals surface area contributed by atoms with Crippen LogP contribution in [0.1, 0.15) is 38.6 Å². The van der Waals surface area contributed by atoms with Gasteiger partial charge in [-0.2, -0.15) is 0 Å². The second-order valence-corrected chi connectivity index (χ2v) is 5.50. The average Bonchev–Trinajstić information content (AvgIpc) is 3.18. The van der Waals surface area contributed by atoms with Crippen LogP contribution >= 0.6 is 11.8 Å². The van der Waals surface area contributed by atoms with Crippen molar-refractivity contribution in [2.45, 2.75) is 44.4 Å². The lowest BCUT2D eigenvalue weighted by Gasteiger charge is -2.18. The Kier molecular flexibility index (Phi) is 4.81. The maximum absolute atomic E-state index is 12.0. The van der Waals surface area contributed by atoms with Crippen LogP contribution < -0.4 is 5.73 Å². The molecule has 1 aromatic heterocycles. The van der Waals surface area contributed by atoms with E-state index in [1.807, 2.05) is 18.7 Å². The lowest BCUT2D eigenvalue weighted by Crippen LogP contribution is -2.31. The summed E-state index contributed by atoms with van der Waals surface area (Å²) in [6, 6.07) is 0.486. The van der Waals surface area contributed by atoms with Gasteiger partial charge in [-0.25, -0.2) is 0 Å². The van der Waals surface area contributed by atoms with Crippen molar-refractivity contribution in [1.29, 1.82) is 0 Å². The van der Waals surface area contributed by atoms with Crippen molar-refractivity contribution in [2.75, 3.05) is 18.8 Å². The molecular weight excluding hydrogens is 262 g/mol. The van der Waals surface area contributed by atoms with E-state index in [9.17, 15) is 4.79 Å². The molecule has 106 valence electrons. The highest BCUT2D eigenvalue weighted by atomic mass is 32.2. The van der Waals surface area contributed by atoms with Crippen molar-refractivity contribution in [2.24, 2.45) is 5.73 Å². The van der Waals surface area contributed by atoms with Crippen molar-refractivity contribution in [1.82, 2.24) is 19.7 Å². The number of amides is 1. The Morgan fingerprint density at radius 2 is 2.11 bits per heavy atom. The fraction of sp³-hybridized carbons (Fsp3) is 0.750. The number of nitrogens with zero attached hydrogens (tertiary/aromatic N) is 4. The van der Waals surface area contributed by atoms with Crippen LogP contribution in [0.15, 0.2) is 5.16 Å². The fourth-order valence-electron chi connectivity index (χ4n) is 2.04. The molecule has 6 nitrogen and oxygen atoms in total. The molecule has 1 aliphatic rings. The molecule has 1 saturated carbocycles. The monoisotopic (exact) mass is 283 g/mol. The summed E-state index contributed by atoms with van der Waals surface area (Å²) in [4.78, 5) is 13.8. The Morgan fingerprint density at radius 1 is 1.42 bits per heavy atom. The highest BCUT2D eigenvalue weighted by Crippen LogP contribution is 2.38. The van der Waals surface area contributed by atoms with Crippen LogP contribution in [0.2, 0.25) is 0 Å². The zero-order chi connectivity index (χ0) is 13.8. The molecule has 0 saturated heterocycles. The molecule has 0 radical (unpaired) electrons. The Bertz CT molecular complexity index is 439. The minimum absolute atomic E-state index is 0.148. The summed E-state index contributed by atoms with van der Waals surface area (Å²) in [6.07, 6.45) is 2.31. The summed E-state index contributed by atoms with van der Waals surface area (Å²) in [7, 11) is 0. The molecule has 0 aliphatic heterocycles. The van der Waals surface area contributed by atoms with Gasteiger partial charge in [0, 0.05) is 19.1 Å². The van der Waals surface area contributed by atoms with Gasteiger partial charge in [-0.1, -0.05) is 11.8 Å². The van der Waals surface area contributed by atoms with E-state index in [0.29, 0.717) is 18.3 Å². The lowest BCUT2D eigenvalue weighted by molar-refractivity contribution is -0.127. The van der Waals surface area contributed by atoms with E-state index in [1.54, 1.807) is 0 Å². The van der Waals surface area contributed by atoms with Gasteiger partial charge in [-0.3, -0.25) is 4.79 Å². The molecule has 0 spiro atoms. The molecule has 0 atom stereocenters. The Balaban J connectivity index is 1.99. The Labute approximate surface area is 117 Å². The van der Waals surface area contributed by atoms with E-state index in [1.165, 1.54) is 11.8 Å². The predicted octanol–water partition coefficient (Wildman–Crippen LogP) is 1.03. The molecule has 1 fully saturated rings. The predicted molar refractivity (Wildman–Crippen MR) is 74.8 cm³/mol. The van der Waals surface area contributed by atoms with Crippen molar-refractivity contribution in [3.8, 4) is 0 Å². The summed E-state index contributed by atoms with van der Waals surface area (Å²) in [5.41, 5.74) is 5.67. The number of carbonyl (C=O) groups is 1. The van der Waals surface area contributed by atoms with E-state index in [0.717, 1.165) is 36.9 Å². The number of aromatic nitrogens is 3. The van der Waals surface area contributed by atoms with Crippen LogP contribution in [0.4, 0.5) is 0 Å². The van der Waals surface area contributed by atoms with Crippen LogP contribution in [-0.4, -0.2) is 44.4 Å². The molecule has 2 rings (SSSR count). The molecule has 1 heterocycles. The second kappa shape index (κ2) is 6.38. The number of rotatable bonds is 7. The third kappa shape index (κ3) is 3.27. The molecule has 1 aliphatic carbocycles. The molecule has 19 heavy (non-hydrogen) atoms. The van der Waals surface area contributed by atoms with Gasteiger partial charge in [-0.05, 0) is 26.7 Å². The molecule has 2 N–H and O–H groups in total. The zero-order valence-corrected chi connectivity index (χ0v) is 12.3. The number of thioether (sulfide) groups is 1. The Hall–Kier alpha value is -1.08. The average molecular weight is 283 g/mol. The summed E-state index contributed by atoms with van der Waals surface area (Å²) >= 11 is 1.46. The first-order valence-electron chi connectivity index (χ1n) is 6.75. The van der Waals surface area contributed by atoms with Crippen molar-refractivity contribution < 1.29 is 4.79 Å². The summed E-state index contributed by atoms with van der Waals surface area (Å²) in [5.74, 6) is 1.38. The van der Waals surface area contributed by atoms with E-state index in [2.05, 4.69) is 14.8 Å². The van der Waals surface area contributed by atoms with Crippen LogP contribution in [0, 0.1) is 0 Å². The highest BCUT2D eigenvalue weighted by molar-refractivity contribution is 7.99. The minimum Gasteiger partial charge on any atom is -0.343 e. The largest absolute Gasteiger partial charge is 0.343 e. The van der Waals surface area contributed by atoms with Crippen LogP contribution in [0.25, 0.3) is 0 Å². The smallest absolute Gasteiger partial charge is 0.233 e. The number of hydrogen-bond acceptors (Lipinski definition) is 5.